The zero-order valence-corrected chi connectivity index (χ0v) is 25.4. The first-order valence-corrected chi connectivity index (χ1v) is 15.5. The van der Waals surface area contributed by atoms with Gasteiger partial charge in [-0.25, -0.2) is 19.9 Å². The number of aromatic nitrogens is 4. The SMILES string of the molecule is CC1(C)c2ccccc2-c2c1ccc1ccc3nc(-c4ccccc4-c4nc(-c5ccccc5)nc(-c5ccccc5)n4)oc3c21. The van der Waals surface area contributed by atoms with Crippen molar-refractivity contribution in [2.24, 2.45) is 0 Å². The Morgan fingerprint density at radius 1 is 0.478 bits per heavy atom. The van der Waals surface area contributed by atoms with E-state index in [1.807, 2.05) is 84.9 Å². The number of rotatable bonds is 4. The van der Waals surface area contributed by atoms with Crippen molar-refractivity contribution in [3.8, 4) is 56.7 Å². The number of benzene rings is 6. The molecule has 0 bridgehead atoms. The second-order valence-electron chi connectivity index (χ2n) is 12.3. The molecule has 5 nitrogen and oxygen atoms in total. The molecule has 0 amide bonds. The smallest absolute Gasteiger partial charge is 0.228 e. The highest BCUT2D eigenvalue weighted by molar-refractivity contribution is 6.14. The van der Waals surface area contributed by atoms with E-state index in [2.05, 4.69) is 62.4 Å². The maximum Gasteiger partial charge on any atom is 0.228 e. The molecule has 9 rings (SSSR count). The van der Waals surface area contributed by atoms with E-state index < -0.39 is 0 Å². The van der Waals surface area contributed by atoms with Crippen molar-refractivity contribution in [1.82, 2.24) is 19.9 Å². The van der Waals surface area contributed by atoms with E-state index in [0.29, 0.717) is 23.4 Å². The zero-order valence-electron chi connectivity index (χ0n) is 25.4. The van der Waals surface area contributed by atoms with Crippen LogP contribution in [0.3, 0.4) is 0 Å². The molecule has 0 atom stereocenters. The summed E-state index contributed by atoms with van der Waals surface area (Å²) in [5.74, 6) is 2.32. The average Bonchev–Trinajstić information content (AvgIpc) is 3.66. The summed E-state index contributed by atoms with van der Waals surface area (Å²) in [4.78, 5) is 19.9. The van der Waals surface area contributed by atoms with Gasteiger partial charge in [-0.05, 0) is 39.8 Å². The van der Waals surface area contributed by atoms with Gasteiger partial charge in [0.05, 0.1) is 0 Å². The number of fused-ring (bicyclic) bond motifs is 7. The third kappa shape index (κ3) is 4.02. The molecule has 46 heavy (non-hydrogen) atoms. The van der Waals surface area contributed by atoms with Crippen LogP contribution in [0.2, 0.25) is 0 Å². The van der Waals surface area contributed by atoms with Gasteiger partial charge >= 0.3 is 0 Å². The third-order valence-corrected chi connectivity index (χ3v) is 9.18. The molecule has 1 aliphatic carbocycles. The molecule has 218 valence electrons. The van der Waals surface area contributed by atoms with Crippen molar-refractivity contribution in [2.75, 3.05) is 0 Å². The lowest BCUT2D eigenvalue weighted by molar-refractivity contribution is 0.623. The molecule has 0 spiro atoms. The second kappa shape index (κ2) is 10.0. The van der Waals surface area contributed by atoms with Crippen LogP contribution >= 0.6 is 0 Å². The van der Waals surface area contributed by atoms with Gasteiger partial charge in [-0.1, -0.05) is 135 Å². The van der Waals surface area contributed by atoms with Gasteiger partial charge in [-0.15, -0.1) is 0 Å². The van der Waals surface area contributed by atoms with Crippen LogP contribution in [0.25, 0.3) is 78.6 Å². The lowest BCUT2D eigenvalue weighted by Crippen LogP contribution is -2.14. The molecule has 0 N–H and O–H groups in total. The Hall–Kier alpha value is -5.94. The fourth-order valence-corrected chi connectivity index (χ4v) is 6.90. The lowest BCUT2D eigenvalue weighted by atomic mass is 9.82. The molecule has 0 radical (unpaired) electrons. The normalized spacial score (nSPS) is 13.2. The lowest BCUT2D eigenvalue weighted by Gasteiger charge is -2.21. The molecule has 8 aromatic rings. The Balaban J connectivity index is 1.26. The summed E-state index contributed by atoms with van der Waals surface area (Å²) in [6, 6.07) is 45.5. The predicted molar refractivity (Wildman–Crippen MR) is 184 cm³/mol. The van der Waals surface area contributed by atoms with Gasteiger partial charge in [0.25, 0.3) is 0 Å². The van der Waals surface area contributed by atoms with Crippen LogP contribution in [0.15, 0.2) is 138 Å². The van der Waals surface area contributed by atoms with E-state index in [-0.39, 0.29) is 5.41 Å². The minimum absolute atomic E-state index is 0.108. The largest absolute Gasteiger partial charge is 0.435 e. The van der Waals surface area contributed by atoms with Gasteiger partial charge in [0.2, 0.25) is 5.89 Å². The van der Waals surface area contributed by atoms with Crippen molar-refractivity contribution in [2.45, 2.75) is 19.3 Å². The topological polar surface area (TPSA) is 64.7 Å². The van der Waals surface area contributed by atoms with Crippen molar-refractivity contribution >= 4 is 21.9 Å². The van der Waals surface area contributed by atoms with Crippen LogP contribution in [0, 0.1) is 0 Å². The van der Waals surface area contributed by atoms with E-state index in [0.717, 1.165) is 44.1 Å². The monoisotopic (exact) mass is 592 g/mol. The third-order valence-electron chi connectivity index (χ3n) is 9.18. The molecule has 0 saturated carbocycles. The Labute approximate surface area is 266 Å². The molecule has 0 saturated heterocycles. The van der Waals surface area contributed by atoms with Gasteiger partial charge in [0.1, 0.15) is 5.52 Å². The second-order valence-corrected chi connectivity index (χ2v) is 12.3. The molecule has 2 aromatic heterocycles. The van der Waals surface area contributed by atoms with Crippen LogP contribution in [-0.2, 0) is 5.41 Å². The molecular formula is C41H28N4O. The van der Waals surface area contributed by atoms with Crippen LogP contribution in [0.4, 0.5) is 0 Å². The van der Waals surface area contributed by atoms with E-state index in [4.69, 9.17) is 24.4 Å². The minimum Gasteiger partial charge on any atom is -0.435 e. The molecule has 0 fully saturated rings. The number of nitrogens with zero attached hydrogens (tertiary/aromatic N) is 4. The van der Waals surface area contributed by atoms with Crippen LogP contribution in [-0.4, -0.2) is 19.9 Å². The van der Waals surface area contributed by atoms with Gasteiger partial charge in [-0.2, -0.15) is 0 Å². The van der Waals surface area contributed by atoms with E-state index in [1.165, 1.54) is 22.3 Å². The maximum atomic E-state index is 6.79. The Bertz CT molecular complexity index is 2390. The summed E-state index contributed by atoms with van der Waals surface area (Å²) < 4.78 is 6.79. The van der Waals surface area contributed by atoms with Crippen LogP contribution in [0.5, 0.6) is 0 Å². The first-order valence-electron chi connectivity index (χ1n) is 15.5. The molecule has 5 heteroatoms. The summed E-state index contributed by atoms with van der Waals surface area (Å²) >= 11 is 0. The van der Waals surface area contributed by atoms with Crippen LogP contribution in [0.1, 0.15) is 25.0 Å². The first-order chi connectivity index (χ1) is 22.6. The van der Waals surface area contributed by atoms with E-state index in [9.17, 15) is 0 Å². The van der Waals surface area contributed by atoms with Crippen molar-refractivity contribution in [1.29, 1.82) is 0 Å². The summed E-state index contributed by atoms with van der Waals surface area (Å²) in [6.07, 6.45) is 0. The fraction of sp³-hybridized carbons (Fsp3) is 0.0732. The highest BCUT2D eigenvalue weighted by Gasteiger charge is 2.37. The Kier molecular flexibility index (Phi) is 5.78. The molecule has 0 aliphatic heterocycles. The summed E-state index contributed by atoms with van der Waals surface area (Å²) in [5.41, 5.74) is 10.1. The highest BCUT2D eigenvalue weighted by atomic mass is 16.3. The van der Waals surface area contributed by atoms with Gasteiger partial charge < -0.3 is 4.42 Å². The number of oxazole rings is 1. The van der Waals surface area contributed by atoms with Gasteiger partial charge in [0.15, 0.2) is 23.1 Å². The molecule has 6 aromatic carbocycles. The Morgan fingerprint density at radius 2 is 1.04 bits per heavy atom. The van der Waals surface area contributed by atoms with Crippen molar-refractivity contribution in [3.05, 3.63) is 145 Å². The molecule has 2 heterocycles. The quantitative estimate of drug-likeness (QED) is 0.203. The van der Waals surface area contributed by atoms with Gasteiger partial charge in [-0.3, -0.25) is 0 Å². The van der Waals surface area contributed by atoms with E-state index in [1.54, 1.807) is 0 Å². The fourth-order valence-electron chi connectivity index (χ4n) is 6.90. The summed E-state index contributed by atoms with van der Waals surface area (Å²) in [7, 11) is 0. The standard InChI is InChI=1S/C41H28N4O/c1-41(2)31-20-12-11-19-30(31)35-32(41)23-21-25-22-24-33-36(34(25)35)46-40(42-33)29-18-10-9-17-28(29)39-44-37(26-13-5-3-6-14-26)43-38(45-39)27-15-7-4-8-16-27/h3-24H,1-2H3. The van der Waals surface area contributed by atoms with E-state index >= 15 is 0 Å². The number of hydrogen-bond acceptors (Lipinski definition) is 5. The van der Waals surface area contributed by atoms with Crippen molar-refractivity contribution < 1.29 is 4.42 Å². The zero-order chi connectivity index (χ0) is 30.8. The predicted octanol–water partition coefficient (Wildman–Crippen LogP) is 10.1. The average molecular weight is 593 g/mol. The highest BCUT2D eigenvalue weighted by Crippen LogP contribution is 2.52. The number of hydrogen-bond donors (Lipinski definition) is 0. The maximum absolute atomic E-state index is 6.79. The molecule has 0 unspecified atom stereocenters. The molecular weight excluding hydrogens is 564 g/mol. The van der Waals surface area contributed by atoms with Crippen LogP contribution < -0.4 is 0 Å². The van der Waals surface area contributed by atoms with Crippen molar-refractivity contribution in [3.63, 3.8) is 0 Å². The first kappa shape index (κ1) is 26.5. The summed E-state index contributed by atoms with van der Waals surface area (Å²) in [5, 5.41) is 2.23. The van der Waals surface area contributed by atoms with Gasteiger partial charge in [0, 0.05) is 33.1 Å². The summed E-state index contributed by atoms with van der Waals surface area (Å²) in [6.45, 7) is 4.60. The Morgan fingerprint density at radius 3 is 1.74 bits per heavy atom. The molecule has 1 aliphatic rings. The minimum atomic E-state index is -0.108.